The zero-order chi connectivity index (χ0) is 16.6. The fraction of sp³-hybridized carbons (Fsp3) is 0.263. The molecule has 5 heteroatoms. The number of hydrogen-bond donors (Lipinski definition) is 2. The first-order valence-corrected chi connectivity index (χ1v) is 8.26. The van der Waals surface area contributed by atoms with Crippen LogP contribution < -0.4 is 5.73 Å². The fourth-order valence-electron chi connectivity index (χ4n) is 2.73. The van der Waals surface area contributed by atoms with Crippen LogP contribution in [0.15, 0.2) is 60.9 Å². The molecular formula is C19H23N5. The van der Waals surface area contributed by atoms with Gasteiger partial charge in [-0.2, -0.15) is 5.10 Å². The molecule has 0 fully saturated rings. The Bertz CT molecular complexity index is 724. The topological polar surface area (TPSA) is 70.8 Å². The van der Waals surface area contributed by atoms with Crippen LogP contribution in [0.3, 0.4) is 0 Å². The van der Waals surface area contributed by atoms with Crippen LogP contribution in [0.1, 0.15) is 11.3 Å². The number of rotatable bonds is 8. The zero-order valence-electron chi connectivity index (χ0n) is 13.7. The van der Waals surface area contributed by atoms with Gasteiger partial charge >= 0.3 is 0 Å². The molecule has 0 unspecified atom stereocenters. The van der Waals surface area contributed by atoms with Gasteiger partial charge in [0.25, 0.3) is 0 Å². The molecule has 0 bridgehead atoms. The van der Waals surface area contributed by atoms with E-state index in [-0.39, 0.29) is 0 Å². The number of pyridine rings is 1. The number of hydrogen-bond acceptors (Lipinski definition) is 4. The molecule has 2 aromatic heterocycles. The van der Waals surface area contributed by atoms with Crippen molar-refractivity contribution in [3.63, 3.8) is 0 Å². The molecule has 0 aliphatic carbocycles. The summed E-state index contributed by atoms with van der Waals surface area (Å²) in [5, 5.41) is 7.53. The number of benzene rings is 1. The molecule has 2 heterocycles. The molecule has 124 valence electrons. The van der Waals surface area contributed by atoms with Gasteiger partial charge in [-0.05, 0) is 30.2 Å². The van der Waals surface area contributed by atoms with E-state index in [2.05, 4.69) is 50.4 Å². The summed E-state index contributed by atoms with van der Waals surface area (Å²) in [5.74, 6) is 0. The quantitative estimate of drug-likeness (QED) is 0.668. The van der Waals surface area contributed by atoms with Crippen molar-refractivity contribution in [2.24, 2.45) is 5.73 Å². The van der Waals surface area contributed by atoms with Crippen LogP contribution in [-0.4, -0.2) is 39.7 Å². The molecular weight excluding hydrogens is 298 g/mol. The average molecular weight is 321 g/mol. The zero-order valence-corrected chi connectivity index (χ0v) is 13.7. The highest BCUT2D eigenvalue weighted by Gasteiger charge is 2.09. The number of H-pyrrole nitrogens is 1. The lowest BCUT2D eigenvalue weighted by Crippen LogP contribution is -2.31. The van der Waals surface area contributed by atoms with Crippen LogP contribution in [0, 0.1) is 0 Å². The lowest BCUT2D eigenvalue weighted by atomic mass is 10.1. The van der Waals surface area contributed by atoms with Crippen molar-refractivity contribution in [2.45, 2.75) is 13.0 Å². The molecule has 0 saturated carbocycles. The normalized spacial score (nSPS) is 11.1. The largest absolute Gasteiger partial charge is 0.329 e. The molecule has 0 radical (unpaired) electrons. The van der Waals surface area contributed by atoms with Crippen LogP contribution in [0.2, 0.25) is 0 Å². The minimum atomic E-state index is 0.651. The summed E-state index contributed by atoms with van der Waals surface area (Å²) in [6.07, 6.45) is 4.61. The maximum atomic E-state index is 5.77. The lowest BCUT2D eigenvalue weighted by Gasteiger charge is -2.20. The second-order valence-electron chi connectivity index (χ2n) is 5.82. The van der Waals surface area contributed by atoms with Crippen molar-refractivity contribution in [2.75, 3.05) is 19.6 Å². The summed E-state index contributed by atoms with van der Waals surface area (Å²) in [5.41, 5.74) is 10.2. The third-order valence-electron chi connectivity index (χ3n) is 3.99. The summed E-state index contributed by atoms with van der Waals surface area (Å²) in [6.45, 7) is 3.31. The summed E-state index contributed by atoms with van der Waals surface area (Å²) >= 11 is 0. The van der Waals surface area contributed by atoms with Gasteiger partial charge in [-0.1, -0.05) is 30.3 Å². The van der Waals surface area contributed by atoms with E-state index < -0.39 is 0 Å². The highest BCUT2D eigenvalue weighted by atomic mass is 15.2. The molecule has 0 spiro atoms. The van der Waals surface area contributed by atoms with Crippen molar-refractivity contribution < 1.29 is 0 Å². The molecule has 0 aliphatic rings. The lowest BCUT2D eigenvalue weighted by molar-refractivity contribution is 0.273. The van der Waals surface area contributed by atoms with Gasteiger partial charge in [0.15, 0.2) is 0 Å². The molecule has 5 nitrogen and oxygen atoms in total. The SMILES string of the molecule is NCCN(CCc1ccccc1)Cc1cc(-c2cccnc2)n[nH]1. The second-order valence-corrected chi connectivity index (χ2v) is 5.82. The van der Waals surface area contributed by atoms with Crippen LogP contribution >= 0.6 is 0 Å². The van der Waals surface area contributed by atoms with E-state index in [1.165, 1.54) is 5.56 Å². The first-order valence-electron chi connectivity index (χ1n) is 8.26. The Labute approximate surface area is 142 Å². The highest BCUT2D eigenvalue weighted by molar-refractivity contribution is 5.57. The number of nitrogens with one attached hydrogen (secondary N) is 1. The summed E-state index contributed by atoms with van der Waals surface area (Å²) in [7, 11) is 0. The van der Waals surface area contributed by atoms with Gasteiger partial charge in [0.2, 0.25) is 0 Å². The first-order chi connectivity index (χ1) is 11.8. The Hall–Kier alpha value is -2.50. The van der Waals surface area contributed by atoms with E-state index in [0.29, 0.717) is 6.54 Å². The molecule has 3 N–H and O–H groups in total. The monoisotopic (exact) mass is 321 g/mol. The summed E-state index contributed by atoms with van der Waals surface area (Å²) in [6, 6.07) is 16.6. The van der Waals surface area contributed by atoms with Crippen LogP contribution in [0.5, 0.6) is 0 Å². The van der Waals surface area contributed by atoms with Crippen LogP contribution in [0.25, 0.3) is 11.3 Å². The average Bonchev–Trinajstić information content (AvgIpc) is 3.10. The molecule has 0 saturated heterocycles. The molecule has 24 heavy (non-hydrogen) atoms. The van der Waals surface area contributed by atoms with Gasteiger partial charge in [0, 0.05) is 49.8 Å². The Morgan fingerprint density at radius 3 is 2.67 bits per heavy atom. The minimum Gasteiger partial charge on any atom is -0.329 e. The van der Waals surface area contributed by atoms with E-state index in [1.54, 1.807) is 6.20 Å². The van der Waals surface area contributed by atoms with Gasteiger partial charge in [-0.3, -0.25) is 15.0 Å². The number of aromatic nitrogens is 3. The van der Waals surface area contributed by atoms with Crippen molar-refractivity contribution in [1.82, 2.24) is 20.1 Å². The van der Waals surface area contributed by atoms with E-state index in [9.17, 15) is 0 Å². The number of aromatic amines is 1. The van der Waals surface area contributed by atoms with Crippen LogP contribution in [-0.2, 0) is 13.0 Å². The number of nitrogens with zero attached hydrogens (tertiary/aromatic N) is 3. The van der Waals surface area contributed by atoms with Gasteiger partial charge in [-0.25, -0.2) is 0 Å². The highest BCUT2D eigenvalue weighted by Crippen LogP contribution is 2.16. The predicted molar refractivity (Wildman–Crippen MR) is 96.3 cm³/mol. The third-order valence-corrected chi connectivity index (χ3v) is 3.99. The minimum absolute atomic E-state index is 0.651. The van der Waals surface area contributed by atoms with Gasteiger partial charge in [-0.15, -0.1) is 0 Å². The van der Waals surface area contributed by atoms with Crippen molar-refractivity contribution >= 4 is 0 Å². The Morgan fingerprint density at radius 1 is 1.04 bits per heavy atom. The van der Waals surface area contributed by atoms with Gasteiger partial charge < -0.3 is 5.73 Å². The van der Waals surface area contributed by atoms with Crippen molar-refractivity contribution in [3.05, 3.63) is 72.2 Å². The molecule has 0 amide bonds. The van der Waals surface area contributed by atoms with E-state index in [4.69, 9.17) is 5.73 Å². The van der Waals surface area contributed by atoms with E-state index in [0.717, 1.165) is 43.0 Å². The van der Waals surface area contributed by atoms with E-state index in [1.807, 2.05) is 24.4 Å². The molecule has 1 aromatic carbocycles. The van der Waals surface area contributed by atoms with Gasteiger partial charge in [0.1, 0.15) is 0 Å². The Balaban J connectivity index is 1.62. The maximum absolute atomic E-state index is 5.77. The van der Waals surface area contributed by atoms with Crippen molar-refractivity contribution in [3.8, 4) is 11.3 Å². The first kappa shape index (κ1) is 16.4. The molecule has 0 atom stereocenters. The standard InChI is InChI=1S/C19H23N5/c20-9-12-24(11-8-16-5-2-1-3-6-16)15-18-13-19(23-22-18)17-7-4-10-21-14-17/h1-7,10,13-14H,8-9,11-12,15,20H2,(H,22,23). The second kappa shape index (κ2) is 8.38. The molecule has 0 aliphatic heterocycles. The molecule has 3 aromatic rings. The fourth-order valence-corrected chi connectivity index (χ4v) is 2.73. The van der Waals surface area contributed by atoms with Gasteiger partial charge in [0.05, 0.1) is 5.69 Å². The number of nitrogens with two attached hydrogens (primary N) is 1. The van der Waals surface area contributed by atoms with Crippen molar-refractivity contribution in [1.29, 1.82) is 0 Å². The predicted octanol–water partition coefficient (Wildman–Crippen LogP) is 2.48. The van der Waals surface area contributed by atoms with E-state index >= 15 is 0 Å². The Morgan fingerprint density at radius 2 is 1.92 bits per heavy atom. The summed E-state index contributed by atoms with van der Waals surface area (Å²) in [4.78, 5) is 6.50. The van der Waals surface area contributed by atoms with Crippen LogP contribution in [0.4, 0.5) is 0 Å². The molecule has 3 rings (SSSR count). The maximum Gasteiger partial charge on any atom is 0.0939 e. The Kier molecular flexibility index (Phi) is 5.71. The summed E-state index contributed by atoms with van der Waals surface area (Å²) < 4.78 is 0. The smallest absolute Gasteiger partial charge is 0.0939 e. The third kappa shape index (κ3) is 4.50.